The first-order valence-electron chi connectivity index (χ1n) is 14.1. The number of hydrogen-bond acceptors (Lipinski definition) is 5. The number of likely N-dealkylation sites (tertiary alicyclic amines) is 2. The molecule has 3 heterocycles. The molecule has 0 unspecified atom stereocenters. The molecular weight excluding hydrogens is 526 g/mol. The normalized spacial score (nSPS) is 18.1. The van der Waals surface area contributed by atoms with Crippen molar-refractivity contribution in [2.45, 2.75) is 57.5 Å². The minimum atomic E-state index is 0.232. The molecule has 0 N–H and O–H groups in total. The number of fused-ring (bicyclic) bond motifs is 1. The second kappa shape index (κ2) is 13.6. The lowest BCUT2D eigenvalue weighted by molar-refractivity contribution is 0.102. The number of benzene rings is 2. The van der Waals surface area contributed by atoms with Gasteiger partial charge in [0.2, 0.25) is 0 Å². The van der Waals surface area contributed by atoms with Crippen molar-refractivity contribution in [3.8, 4) is 11.5 Å². The van der Waals surface area contributed by atoms with Crippen LogP contribution in [0, 0.1) is 0 Å². The molecule has 2 aromatic carbocycles. The number of pyridine rings is 1. The Morgan fingerprint density at radius 2 is 1.59 bits per heavy atom. The average Bonchev–Trinajstić information content (AvgIpc) is 3.22. The average molecular weight is 567 g/mol. The van der Waals surface area contributed by atoms with E-state index in [4.69, 9.17) is 9.47 Å². The van der Waals surface area contributed by atoms with E-state index < -0.39 is 0 Å². The highest BCUT2D eigenvalue weighted by Gasteiger charge is 2.22. The van der Waals surface area contributed by atoms with Crippen molar-refractivity contribution >= 4 is 26.8 Å². The lowest BCUT2D eigenvalue weighted by Gasteiger charge is -2.32. The van der Waals surface area contributed by atoms with Crippen LogP contribution in [0.4, 0.5) is 0 Å². The summed E-state index contributed by atoms with van der Waals surface area (Å²) in [7, 11) is 0. The molecule has 3 aromatic rings. The number of nitrogens with zero attached hydrogens (tertiary/aromatic N) is 3. The lowest BCUT2D eigenvalue weighted by Crippen LogP contribution is -2.39. The molecule has 0 atom stereocenters. The van der Waals surface area contributed by atoms with Gasteiger partial charge in [0.15, 0.2) is 5.75 Å². The first-order chi connectivity index (χ1) is 18.2. The summed E-state index contributed by atoms with van der Waals surface area (Å²) in [6.45, 7) is 7.71. The van der Waals surface area contributed by atoms with Gasteiger partial charge in [-0.1, -0.05) is 37.1 Å². The van der Waals surface area contributed by atoms with Crippen LogP contribution in [0.25, 0.3) is 10.9 Å². The quantitative estimate of drug-likeness (QED) is 0.255. The van der Waals surface area contributed by atoms with Crippen molar-refractivity contribution in [1.29, 1.82) is 0 Å². The number of ether oxygens (including phenoxy) is 2. The molecule has 5 nitrogen and oxygen atoms in total. The molecule has 2 fully saturated rings. The largest absolute Gasteiger partial charge is 0.494 e. The number of piperidine rings is 1. The fourth-order valence-electron chi connectivity index (χ4n) is 5.50. The van der Waals surface area contributed by atoms with Gasteiger partial charge in [0.05, 0.1) is 11.1 Å². The first kappa shape index (κ1) is 26.5. The Morgan fingerprint density at radius 3 is 2.38 bits per heavy atom. The number of hydrogen-bond donors (Lipinski definition) is 0. The van der Waals surface area contributed by atoms with Crippen molar-refractivity contribution < 1.29 is 9.47 Å². The van der Waals surface area contributed by atoms with Gasteiger partial charge in [-0.3, -0.25) is 4.98 Å². The zero-order valence-electron chi connectivity index (χ0n) is 21.9. The molecule has 5 rings (SSSR count). The molecule has 0 spiro atoms. The van der Waals surface area contributed by atoms with E-state index in [-0.39, 0.29) is 6.10 Å². The molecule has 0 bridgehead atoms. The Morgan fingerprint density at radius 1 is 0.838 bits per heavy atom. The molecule has 2 aliphatic heterocycles. The number of halogens is 1. The van der Waals surface area contributed by atoms with Crippen LogP contribution in [0.3, 0.4) is 0 Å². The molecule has 0 saturated carbocycles. The standard InChI is InChI=1S/C31H40BrN3O2/c32-29-13-10-26-7-5-17-33-30(26)31(29)37-28-15-22-35(23-16-28)21-14-25-8-11-27(12-9-25)36-24-6-20-34-18-3-1-2-4-19-34/h5,7-13,17,28H,1-4,6,14-16,18-24H2. The minimum absolute atomic E-state index is 0.232. The van der Waals surface area contributed by atoms with E-state index in [9.17, 15) is 0 Å². The van der Waals surface area contributed by atoms with Gasteiger partial charge in [-0.15, -0.1) is 0 Å². The summed E-state index contributed by atoms with van der Waals surface area (Å²) in [4.78, 5) is 9.72. The molecule has 0 amide bonds. The van der Waals surface area contributed by atoms with E-state index in [1.807, 2.05) is 12.3 Å². The second-order valence-corrected chi connectivity index (χ2v) is 11.3. The molecular formula is C31H40BrN3O2. The molecule has 0 radical (unpaired) electrons. The minimum Gasteiger partial charge on any atom is -0.494 e. The van der Waals surface area contributed by atoms with Gasteiger partial charge in [0.1, 0.15) is 17.4 Å². The van der Waals surface area contributed by atoms with E-state index in [0.29, 0.717) is 0 Å². The molecule has 2 saturated heterocycles. The Bertz CT molecular complexity index is 1110. The highest BCUT2D eigenvalue weighted by molar-refractivity contribution is 9.10. The summed E-state index contributed by atoms with van der Waals surface area (Å²) in [5.74, 6) is 1.87. The third kappa shape index (κ3) is 7.68. The topological polar surface area (TPSA) is 37.8 Å². The van der Waals surface area contributed by atoms with Crippen molar-refractivity contribution in [2.24, 2.45) is 0 Å². The van der Waals surface area contributed by atoms with Gasteiger partial charge < -0.3 is 19.3 Å². The van der Waals surface area contributed by atoms with Crippen LogP contribution in [-0.4, -0.2) is 66.8 Å². The maximum Gasteiger partial charge on any atom is 0.160 e. The Labute approximate surface area is 230 Å². The summed E-state index contributed by atoms with van der Waals surface area (Å²) < 4.78 is 13.4. The van der Waals surface area contributed by atoms with Crippen LogP contribution in [0.5, 0.6) is 11.5 Å². The Balaban J connectivity index is 1.01. The van der Waals surface area contributed by atoms with Gasteiger partial charge in [-0.05, 0) is 97.4 Å². The summed E-state index contributed by atoms with van der Waals surface area (Å²) >= 11 is 3.66. The molecule has 6 heteroatoms. The smallest absolute Gasteiger partial charge is 0.160 e. The van der Waals surface area contributed by atoms with Gasteiger partial charge in [0, 0.05) is 37.8 Å². The predicted molar refractivity (Wildman–Crippen MR) is 155 cm³/mol. The fraction of sp³-hybridized carbons (Fsp3) is 0.516. The van der Waals surface area contributed by atoms with Crippen molar-refractivity contribution in [1.82, 2.24) is 14.8 Å². The summed E-state index contributed by atoms with van der Waals surface area (Å²) in [6.07, 6.45) is 11.8. The summed E-state index contributed by atoms with van der Waals surface area (Å²) in [6, 6.07) is 16.9. The zero-order chi connectivity index (χ0) is 25.3. The predicted octanol–water partition coefficient (Wildman–Crippen LogP) is 6.73. The van der Waals surface area contributed by atoms with Crippen molar-refractivity contribution in [3.63, 3.8) is 0 Å². The van der Waals surface area contributed by atoms with Gasteiger partial charge >= 0.3 is 0 Å². The van der Waals surface area contributed by atoms with Crippen LogP contribution in [0.2, 0.25) is 0 Å². The maximum absolute atomic E-state index is 6.45. The number of rotatable bonds is 10. The zero-order valence-corrected chi connectivity index (χ0v) is 23.5. The fourth-order valence-corrected chi connectivity index (χ4v) is 5.91. The third-order valence-electron chi connectivity index (χ3n) is 7.73. The van der Waals surface area contributed by atoms with Crippen LogP contribution < -0.4 is 9.47 Å². The summed E-state index contributed by atoms with van der Waals surface area (Å²) in [5.41, 5.74) is 2.31. The van der Waals surface area contributed by atoms with E-state index in [0.717, 1.165) is 85.3 Å². The Hall–Kier alpha value is -2.15. The van der Waals surface area contributed by atoms with Crippen LogP contribution in [0.1, 0.15) is 50.5 Å². The maximum atomic E-state index is 6.45. The monoisotopic (exact) mass is 565 g/mol. The molecule has 1 aromatic heterocycles. The summed E-state index contributed by atoms with van der Waals surface area (Å²) in [5, 5.41) is 1.11. The highest BCUT2D eigenvalue weighted by Crippen LogP contribution is 2.34. The third-order valence-corrected chi connectivity index (χ3v) is 8.35. The lowest BCUT2D eigenvalue weighted by atomic mass is 10.1. The molecule has 2 aliphatic rings. The van der Waals surface area contributed by atoms with E-state index in [1.54, 1.807) is 0 Å². The van der Waals surface area contributed by atoms with Gasteiger partial charge in [-0.25, -0.2) is 0 Å². The molecule has 37 heavy (non-hydrogen) atoms. The van der Waals surface area contributed by atoms with Crippen LogP contribution in [0.15, 0.2) is 59.2 Å². The van der Waals surface area contributed by atoms with Crippen LogP contribution in [-0.2, 0) is 6.42 Å². The molecule has 198 valence electrons. The SMILES string of the molecule is Brc1ccc2cccnc2c1OC1CCN(CCc2ccc(OCCCN3CCCCCC3)cc2)CC1. The van der Waals surface area contributed by atoms with E-state index in [1.165, 1.54) is 44.3 Å². The second-order valence-electron chi connectivity index (χ2n) is 10.5. The highest BCUT2D eigenvalue weighted by atomic mass is 79.9. The molecule has 0 aliphatic carbocycles. The van der Waals surface area contributed by atoms with Crippen molar-refractivity contribution in [3.05, 3.63) is 64.8 Å². The van der Waals surface area contributed by atoms with Gasteiger partial charge in [0.25, 0.3) is 0 Å². The number of aromatic nitrogens is 1. The van der Waals surface area contributed by atoms with Crippen molar-refractivity contribution in [2.75, 3.05) is 45.9 Å². The van der Waals surface area contributed by atoms with Gasteiger partial charge in [-0.2, -0.15) is 0 Å². The van der Waals surface area contributed by atoms with E-state index in [2.05, 4.69) is 73.2 Å². The van der Waals surface area contributed by atoms with E-state index >= 15 is 0 Å². The first-order valence-corrected chi connectivity index (χ1v) is 14.9. The van der Waals surface area contributed by atoms with Crippen LogP contribution >= 0.6 is 15.9 Å². The Kier molecular flexibility index (Phi) is 9.72.